The molecule has 8 aromatic carbocycles. The SMILES string of the molecule is c1ccc(-c2ccccc2N(c2ccc3c(c2)-c2c(ccc4ccccc24)-c2ccccc2O3)c2ccc3oc4ccccc4c3c2)cc1. The number of para-hydroxylation sites is 3. The van der Waals surface area contributed by atoms with Gasteiger partial charge in [-0.15, -0.1) is 0 Å². The van der Waals surface area contributed by atoms with Gasteiger partial charge in [-0.05, 0) is 76.5 Å². The highest BCUT2D eigenvalue weighted by Gasteiger charge is 2.25. The summed E-state index contributed by atoms with van der Waals surface area (Å²) < 4.78 is 13.0. The Balaban J connectivity index is 1.26. The first kappa shape index (κ1) is 27.5. The molecule has 0 spiro atoms. The lowest BCUT2D eigenvalue weighted by Gasteiger charge is -2.29. The van der Waals surface area contributed by atoms with Gasteiger partial charge in [0, 0.05) is 44.4 Å². The third-order valence-corrected chi connectivity index (χ3v) is 9.67. The van der Waals surface area contributed by atoms with Crippen molar-refractivity contribution >= 4 is 49.8 Å². The Morgan fingerprint density at radius 1 is 0.388 bits per heavy atom. The number of fused-ring (bicyclic) bond motifs is 10. The highest BCUT2D eigenvalue weighted by atomic mass is 16.5. The molecule has 230 valence electrons. The van der Waals surface area contributed by atoms with Crippen LogP contribution in [0.4, 0.5) is 17.1 Å². The van der Waals surface area contributed by atoms with Gasteiger partial charge in [0.2, 0.25) is 0 Å². The lowest BCUT2D eigenvalue weighted by atomic mass is 9.89. The third kappa shape index (κ3) is 4.44. The first-order valence-corrected chi connectivity index (χ1v) is 16.6. The van der Waals surface area contributed by atoms with Gasteiger partial charge in [0.25, 0.3) is 0 Å². The van der Waals surface area contributed by atoms with Gasteiger partial charge >= 0.3 is 0 Å². The number of rotatable bonds is 4. The summed E-state index contributed by atoms with van der Waals surface area (Å²) in [7, 11) is 0. The van der Waals surface area contributed by atoms with Crippen LogP contribution < -0.4 is 9.64 Å². The second kappa shape index (κ2) is 11.0. The van der Waals surface area contributed by atoms with Crippen LogP contribution in [-0.4, -0.2) is 0 Å². The van der Waals surface area contributed by atoms with Crippen molar-refractivity contribution in [1.29, 1.82) is 0 Å². The van der Waals surface area contributed by atoms with Crippen LogP contribution in [0.15, 0.2) is 180 Å². The summed E-state index contributed by atoms with van der Waals surface area (Å²) in [6.45, 7) is 0. The van der Waals surface area contributed by atoms with E-state index in [1.165, 1.54) is 16.3 Å². The third-order valence-electron chi connectivity index (χ3n) is 9.67. The minimum absolute atomic E-state index is 0.832. The van der Waals surface area contributed by atoms with E-state index in [0.717, 1.165) is 78.3 Å². The summed E-state index contributed by atoms with van der Waals surface area (Å²) in [5, 5.41) is 4.58. The quantitative estimate of drug-likeness (QED) is 0.194. The van der Waals surface area contributed by atoms with Gasteiger partial charge in [0.1, 0.15) is 22.7 Å². The van der Waals surface area contributed by atoms with Crippen molar-refractivity contribution in [3.63, 3.8) is 0 Å². The average Bonchev–Trinajstić information content (AvgIpc) is 3.47. The van der Waals surface area contributed by atoms with Crippen LogP contribution >= 0.6 is 0 Å². The van der Waals surface area contributed by atoms with E-state index in [0.29, 0.717) is 0 Å². The molecule has 9 aromatic rings. The highest BCUT2D eigenvalue weighted by Crippen LogP contribution is 2.52. The van der Waals surface area contributed by atoms with E-state index in [1.54, 1.807) is 0 Å². The van der Waals surface area contributed by atoms with E-state index >= 15 is 0 Å². The van der Waals surface area contributed by atoms with E-state index in [1.807, 2.05) is 18.2 Å². The van der Waals surface area contributed by atoms with E-state index in [4.69, 9.17) is 9.15 Å². The minimum atomic E-state index is 0.832. The molecular formula is C46H29NO2. The van der Waals surface area contributed by atoms with Crippen LogP contribution in [0.25, 0.3) is 66.1 Å². The molecule has 0 amide bonds. The summed E-state index contributed by atoms with van der Waals surface area (Å²) in [4.78, 5) is 2.37. The predicted octanol–water partition coefficient (Wildman–Crippen LogP) is 13.3. The van der Waals surface area contributed by atoms with Crippen LogP contribution in [0.2, 0.25) is 0 Å². The average molecular weight is 628 g/mol. The fourth-order valence-electron chi connectivity index (χ4n) is 7.44. The number of hydrogen-bond donors (Lipinski definition) is 0. The molecule has 3 nitrogen and oxygen atoms in total. The Kier molecular flexibility index (Phi) is 6.18. The van der Waals surface area contributed by atoms with Gasteiger partial charge in [0.15, 0.2) is 0 Å². The van der Waals surface area contributed by atoms with Crippen molar-refractivity contribution in [3.8, 4) is 44.9 Å². The molecule has 0 radical (unpaired) electrons. The molecular weight excluding hydrogens is 599 g/mol. The molecule has 1 aliphatic rings. The zero-order chi connectivity index (χ0) is 32.3. The summed E-state index contributed by atoms with van der Waals surface area (Å²) in [6.07, 6.45) is 0. The fraction of sp³-hybridized carbons (Fsp3) is 0. The molecule has 0 fully saturated rings. The number of hydrogen-bond acceptors (Lipinski definition) is 3. The zero-order valence-electron chi connectivity index (χ0n) is 26.5. The number of ether oxygens (including phenoxy) is 1. The van der Waals surface area contributed by atoms with Crippen LogP contribution in [0, 0.1) is 0 Å². The molecule has 0 saturated heterocycles. The van der Waals surface area contributed by atoms with Gasteiger partial charge < -0.3 is 14.1 Å². The monoisotopic (exact) mass is 627 g/mol. The Morgan fingerprint density at radius 2 is 1.06 bits per heavy atom. The number of nitrogens with zero attached hydrogens (tertiary/aromatic N) is 1. The number of furan rings is 1. The second-order valence-electron chi connectivity index (χ2n) is 12.5. The molecule has 10 rings (SSSR count). The van der Waals surface area contributed by atoms with E-state index in [-0.39, 0.29) is 0 Å². The molecule has 0 atom stereocenters. The van der Waals surface area contributed by atoms with Gasteiger partial charge in [-0.3, -0.25) is 0 Å². The zero-order valence-corrected chi connectivity index (χ0v) is 26.5. The molecule has 0 aliphatic carbocycles. The molecule has 1 aliphatic heterocycles. The summed E-state index contributed by atoms with van der Waals surface area (Å²) >= 11 is 0. The highest BCUT2D eigenvalue weighted by molar-refractivity contribution is 6.09. The van der Waals surface area contributed by atoms with Crippen LogP contribution in [0.5, 0.6) is 11.5 Å². The first-order valence-electron chi connectivity index (χ1n) is 16.6. The molecule has 0 saturated carbocycles. The van der Waals surface area contributed by atoms with Crippen molar-refractivity contribution in [2.24, 2.45) is 0 Å². The Hall–Kier alpha value is -6.58. The number of benzene rings is 8. The Morgan fingerprint density at radius 3 is 1.98 bits per heavy atom. The molecule has 3 heteroatoms. The summed E-state index contributed by atoms with van der Waals surface area (Å²) in [5.74, 6) is 1.69. The predicted molar refractivity (Wildman–Crippen MR) is 202 cm³/mol. The van der Waals surface area contributed by atoms with Gasteiger partial charge in [-0.1, -0.05) is 121 Å². The van der Waals surface area contributed by atoms with Gasteiger partial charge in [-0.25, -0.2) is 0 Å². The van der Waals surface area contributed by atoms with E-state index in [9.17, 15) is 0 Å². The molecule has 1 aromatic heterocycles. The van der Waals surface area contributed by atoms with Gasteiger partial charge in [0.05, 0.1) is 5.69 Å². The smallest absolute Gasteiger partial charge is 0.135 e. The second-order valence-corrected chi connectivity index (χ2v) is 12.5. The maximum absolute atomic E-state index is 6.74. The van der Waals surface area contributed by atoms with Crippen molar-refractivity contribution in [1.82, 2.24) is 0 Å². The molecule has 0 unspecified atom stereocenters. The summed E-state index contributed by atoms with van der Waals surface area (Å²) in [5.41, 5.74) is 11.7. The maximum Gasteiger partial charge on any atom is 0.135 e. The van der Waals surface area contributed by atoms with E-state index in [2.05, 4.69) is 163 Å². The molecule has 0 N–H and O–H groups in total. The minimum Gasteiger partial charge on any atom is -0.456 e. The van der Waals surface area contributed by atoms with E-state index < -0.39 is 0 Å². The fourth-order valence-corrected chi connectivity index (χ4v) is 7.44. The first-order chi connectivity index (χ1) is 24.3. The van der Waals surface area contributed by atoms with Crippen LogP contribution in [0.1, 0.15) is 0 Å². The topological polar surface area (TPSA) is 25.6 Å². The Labute approximate surface area is 283 Å². The van der Waals surface area contributed by atoms with Crippen LogP contribution in [-0.2, 0) is 0 Å². The summed E-state index contributed by atoms with van der Waals surface area (Å²) in [6, 6.07) is 62.0. The van der Waals surface area contributed by atoms with Gasteiger partial charge in [-0.2, -0.15) is 0 Å². The maximum atomic E-state index is 6.74. The number of anilines is 3. The lowest BCUT2D eigenvalue weighted by Crippen LogP contribution is -2.11. The van der Waals surface area contributed by atoms with Crippen LogP contribution in [0.3, 0.4) is 0 Å². The largest absolute Gasteiger partial charge is 0.456 e. The van der Waals surface area contributed by atoms with Crippen molar-refractivity contribution in [2.45, 2.75) is 0 Å². The lowest BCUT2D eigenvalue weighted by molar-refractivity contribution is 0.488. The Bertz CT molecular complexity index is 2710. The normalized spacial score (nSPS) is 11.8. The molecule has 0 bridgehead atoms. The van der Waals surface area contributed by atoms with Crippen molar-refractivity contribution in [3.05, 3.63) is 176 Å². The van der Waals surface area contributed by atoms with Crippen molar-refractivity contribution < 1.29 is 9.15 Å². The molecule has 2 heterocycles. The standard InChI is InChI=1S/C46H29NO2/c1-2-12-30(13-3-1)34-15-6-9-19-41(34)47(32-23-26-44-39(28-32)37-18-8-11-21-43(37)48-44)33-24-27-45-40(29-33)46-35-16-5-4-14-31(35)22-25-38(46)36-17-7-10-20-42(36)49-45/h1-29H. The van der Waals surface area contributed by atoms with Crippen molar-refractivity contribution in [2.75, 3.05) is 4.90 Å². The molecule has 49 heavy (non-hydrogen) atoms.